The van der Waals surface area contributed by atoms with E-state index in [4.69, 9.17) is 11.6 Å². The van der Waals surface area contributed by atoms with E-state index >= 15 is 0 Å². The number of carbonyl (C=O) groups is 1. The van der Waals surface area contributed by atoms with Crippen molar-refractivity contribution in [1.29, 1.82) is 0 Å². The van der Waals surface area contributed by atoms with Crippen LogP contribution in [0.2, 0.25) is 5.02 Å². The number of aromatic nitrogens is 3. The van der Waals surface area contributed by atoms with Gasteiger partial charge in [-0.2, -0.15) is 0 Å². The van der Waals surface area contributed by atoms with Crippen molar-refractivity contribution in [2.24, 2.45) is 7.05 Å². The van der Waals surface area contributed by atoms with Crippen LogP contribution in [0.15, 0.2) is 53.7 Å². The molecule has 3 rings (SSSR count). The molecule has 6 nitrogen and oxygen atoms in total. The van der Waals surface area contributed by atoms with Gasteiger partial charge < -0.3 is 15.2 Å². The molecule has 27 heavy (non-hydrogen) atoms. The molecular weight excluding hydrogens is 382 g/mol. The number of nitrogens with zero attached hydrogens (tertiary/aromatic N) is 3. The summed E-state index contributed by atoms with van der Waals surface area (Å²) < 4.78 is 1.88. The maximum Gasteiger partial charge on any atom is 0.234 e. The van der Waals surface area contributed by atoms with Gasteiger partial charge in [-0.25, -0.2) is 0 Å². The van der Waals surface area contributed by atoms with E-state index in [-0.39, 0.29) is 11.7 Å². The molecule has 0 unspecified atom stereocenters. The van der Waals surface area contributed by atoms with E-state index < -0.39 is 0 Å². The van der Waals surface area contributed by atoms with Gasteiger partial charge >= 0.3 is 0 Å². The van der Waals surface area contributed by atoms with Gasteiger partial charge in [-0.15, -0.1) is 10.2 Å². The summed E-state index contributed by atoms with van der Waals surface area (Å²) >= 11 is 7.38. The van der Waals surface area contributed by atoms with E-state index in [1.807, 2.05) is 35.9 Å². The highest BCUT2D eigenvalue weighted by atomic mass is 35.5. The van der Waals surface area contributed by atoms with Crippen molar-refractivity contribution in [3.05, 3.63) is 64.9 Å². The van der Waals surface area contributed by atoms with Crippen molar-refractivity contribution in [1.82, 2.24) is 14.8 Å². The Morgan fingerprint density at radius 2 is 1.89 bits per heavy atom. The van der Waals surface area contributed by atoms with Crippen LogP contribution in [0, 0.1) is 6.92 Å². The summed E-state index contributed by atoms with van der Waals surface area (Å²) in [5.74, 6) is 0.878. The number of hydrogen-bond donors (Lipinski definition) is 2. The van der Waals surface area contributed by atoms with E-state index in [0.717, 1.165) is 11.5 Å². The first-order chi connectivity index (χ1) is 13.0. The van der Waals surface area contributed by atoms with E-state index in [1.54, 1.807) is 12.1 Å². The number of thioether (sulfide) groups is 1. The minimum Gasteiger partial charge on any atom is -0.378 e. The van der Waals surface area contributed by atoms with Crippen LogP contribution in [0.4, 0.5) is 11.4 Å². The van der Waals surface area contributed by atoms with Crippen molar-refractivity contribution in [3.63, 3.8) is 0 Å². The Hall–Kier alpha value is -2.51. The zero-order valence-electron chi connectivity index (χ0n) is 15.1. The highest BCUT2D eigenvalue weighted by Crippen LogP contribution is 2.22. The van der Waals surface area contributed by atoms with E-state index in [1.165, 1.54) is 17.3 Å². The summed E-state index contributed by atoms with van der Waals surface area (Å²) in [7, 11) is 1.89. The molecule has 2 aromatic carbocycles. The molecule has 0 spiro atoms. The molecule has 3 aromatic rings. The molecule has 1 amide bonds. The number of benzene rings is 2. The largest absolute Gasteiger partial charge is 0.378 e. The molecule has 0 fully saturated rings. The third kappa shape index (κ3) is 5.24. The molecule has 1 aromatic heterocycles. The number of halogens is 1. The molecule has 2 N–H and O–H groups in total. The SMILES string of the molecule is Cc1ccc(NCc2nnc(SCC(=O)Nc3ccccc3Cl)n2C)cc1. The van der Waals surface area contributed by atoms with E-state index in [2.05, 4.69) is 39.9 Å². The van der Waals surface area contributed by atoms with Crippen LogP contribution >= 0.6 is 23.4 Å². The molecule has 0 atom stereocenters. The van der Waals surface area contributed by atoms with E-state index in [0.29, 0.717) is 22.4 Å². The highest BCUT2D eigenvalue weighted by Gasteiger charge is 2.12. The first kappa shape index (κ1) is 19.3. The number of amides is 1. The number of anilines is 2. The Balaban J connectivity index is 1.53. The van der Waals surface area contributed by atoms with Gasteiger partial charge in [0, 0.05) is 12.7 Å². The lowest BCUT2D eigenvalue weighted by Gasteiger charge is -2.08. The Labute approximate surface area is 167 Å². The Bertz CT molecular complexity index is 926. The number of hydrogen-bond acceptors (Lipinski definition) is 5. The average molecular weight is 402 g/mol. The summed E-state index contributed by atoms with van der Waals surface area (Å²) in [6.07, 6.45) is 0. The van der Waals surface area contributed by atoms with Crippen molar-refractivity contribution < 1.29 is 4.79 Å². The second-order valence-electron chi connectivity index (χ2n) is 5.99. The van der Waals surface area contributed by atoms with Crippen LogP contribution in [-0.4, -0.2) is 26.4 Å². The molecule has 0 bridgehead atoms. The maximum absolute atomic E-state index is 12.1. The summed E-state index contributed by atoms with van der Waals surface area (Å²) in [6, 6.07) is 15.3. The topological polar surface area (TPSA) is 71.8 Å². The Morgan fingerprint density at radius 3 is 2.63 bits per heavy atom. The number of para-hydroxylation sites is 1. The van der Waals surface area contributed by atoms with Gasteiger partial charge in [0.25, 0.3) is 0 Å². The van der Waals surface area contributed by atoms with Gasteiger partial charge in [0.1, 0.15) is 0 Å². The van der Waals surface area contributed by atoms with Crippen molar-refractivity contribution in [2.75, 3.05) is 16.4 Å². The molecule has 8 heteroatoms. The molecule has 140 valence electrons. The third-order valence-electron chi connectivity index (χ3n) is 3.91. The minimum absolute atomic E-state index is 0.143. The standard InChI is InChI=1S/C19H20ClN5OS/c1-13-7-9-14(10-8-13)21-11-17-23-24-19(25(17)2)27-12-18(26)22-16-6-4-3-5-15(16)20/h3-10,21H,11-12H2,1-2H3,(H,22,26). The normalized spacial score (nSPS) is 10.6. The lowest BCUT2D eigenvalue weighted by atomic mass is 10.2. The van der Waals surface area contributed by atoms with Crippen molar-refractivity contribution in [3.8, 4) is 0 Å². The summed E-state index contributed by atoms with van der Waals surface area (Å²) in [5, 5.41) is 15.7. The number of carbonyl (C=O) groups excluding carboxylic acids is 1. The monoisotopic (exact) mass is 401 g/mol. The molecular formula is C19H20ClN5OS. The number of nitrogens with one attached hydrogen (secondary N) is 2. The zero-order chi connectivity index (χ0) is 19.2. The van der Waals surface area contributed by atoms with Gasteiger partial charge in [0.05, 0.1) is 23.0 Å². The minimum atomic E-state index is -0.143. The molecule has 0 radical (unpaired) electrons. The summed E-state index contributed by atoms with van der Waals surface area (Å²) in [5.41, 5.74) is 2.84. The predicted octanol–water partition coefficient (Wildman–Crippen LogP) is 4.12. The first-order valence-corrected chi connectivity index (χ1v) is 9.75. The molecule has 0 saturated carbocycles. The average Bonchev–Trinajstić information content (AvgIpc) is 3.01. The van der Waals surface area contributed by atoms with Gasteiger partial charge in [0.15, 0.2) is 11.0 Å². The van der Waals surface area contributed by atoms with E-state index in [9.17, 15) is 4.79 Å². The van der Waals surface area contributed by atoms with Crippen molar-refractivity contribution >= 4 is 40.6 Å². The highest BCUT2D eigenvalue weighted by molar-refractivity contribution is 7.99. The molecule has 0 aliphatic carbocycles. The molecule has 0 aliphatic rings. The van der Waals surface area contributed by atoms with Crippen LogP contribution in [0.3, 0.4) is 0 Å². The maximum atomic E-state index is 12.1. The lowest BCUT2D eigenvalue weighted by molar-refractivity contribution is -0.113. The smallest absolute Gasteiger partial charge is 0.234 e. The predicted molar refractivity (Wildman–Crippen MR) is 110 cm³/mol. The van der Waals surface area contributed by atoms with Crippen LogP contribution in [-0.2, 0) is 18.4 Å². The first-order valence-electron chi connectivity index (χ1n) is 8.39. The fourth-order valence-electron chi connectivity index (χ4n) is 2.36. The van der Waals surface area contributed by atoms with Gasteiger partial charge in [-0.3, -0.25) is 4.79 Å². The van der Waals surface area contributed by atoms with Crippen LogP contribution < -0.4 is 10.6 Å². The van der Waals surface area contributed by atoms with Gasteiger partial charge in [0.2, 0.25) is 5.91 Å². The quantitative estimate of drug-likeness (QED) is 0.582. The lowest BCUT2D eigenvalue weighted by Crippen LogP contribution is -2.15. The fraction of sp³-hybridized carbons (Fsp3) is 0.211. The molecule has 0 aliphatic heterocycles. The van der Waals surface area contributed by atoms with Gasteiger partial charge in [-0.05, 0) is 31.2 Å². The zero-order valence-corrected chi connectivity index (χ0v) is 16.6. The molecule has 0 saturated heterocycles. The Kier molecular flexibility index (Phi) is 6.36. The van der Waals surface area contributed by atoms with Gasteiger partial charge in [-0.1, -0.05) is 53.2 Å². The second-order valence-corrected chi connectivity index (χ2v) is 7.34. The fourth-order valence-corrected chi connectivity index (χ4v) is 3.27. The summed E-state index contributed by atoms with van der Waals surface area (Å²) in [4.78, 5) is 12.1. The summed E-state index contributed by atoms with van der Waals surface area (Å²) in [6.45, 7) is 2.61. The van der Waals surface area contributed by atoms with Crippen molar-refractivity contribution in [2.45, 2.75) is 18.6 Å². The van der Waals surface area contributed by atoms with Crippen LogP contribution in [0.5, 0.6) is 0 Å². The second kappa shape index (κ2) is 8.92. The number of aryl methyl sites for hydroxylation is 1. The van der Waals surface area contributed by atoms with Crippen LogP contribution in [0.25, 0.3) is 0 Å². The van der Waals surface area contributed by atoms with Crippen LogP contribution in [0.1, 0.15) is 11.4 Å². The third-order valence-corrected chi connectivity index (χ3v) is 5.26. The Morgan fingerprint density at radius 1 is 1.15 bits per heavy atom. The molecule has 1 heterocycles. The number of rotatable bonds is 7.